The molecule has 0 bridgehead atoms. The largest absolute Gasteiger partial charge is 0.389 e. The maximum Gasteiger partial charge on any atom is 0.389 e. The summed E-state index contributed by atoms with van der Waals surface area (Å²) in [5, 5.41) is 2.67. The van der Waals surface area contributed by atoms with Crippen molar-refractivity contribution >= 4 is 23.5 Å². The molecule has 0 aliphatic carbocycles. The van der Waals surface area contributed by atoms with Crippen LogP contribution in [0.1, 0.15) is 12.8 Å². The molecule has 0 atom stereocenters. The summed E-state index contributed by atoms with van der Waals surface area (Å²) in [6.45, 7) is 0.118. The van der Waals surface area contributed by atoms with E-state index in [2.05, 4.69) is 20.3 Å². The van der Waals surface area contributed by atoms with Crippen LogP contribution in [-0.2, 0) is 0 Å². The lowest BCUT2D eigenvalue weighted by molar-refractivity contribution is -0.134. The van der Waals surface area contributed by atoms with Crippen molar-refractivity contribution in [2.24, 2.45) is 0 Å². The summed E-state index contributed by atoms with van der Waals surface area (Å²) in [5.41, 5.74) is 0. The molecule has 0 fully saturated rings. The molecule has 0 unspecified atom stereocenters. The molecule has 1 heterocycles. The van der Waals surface area contributed by atoms with Crippen molar-refractivity contribution in [3.63, 3.8) is 0 Å². The molecule has 0 saturated carbocycles. The van der Waals surface area contributed by atoms with E-state index in [0.717, 1.165) is 0 Å². The van der Waals surface area contributed by atoms with Crippen LogP contribution in [0.4, 0.5) is 25.1 Å². The number of rotatable bonds is 5. The van der Waals surface area contributed by atoms with E-state index in [9.17, 15) is 13.2 Å². The van der Waals surface area contributed by atoms with Gasteiger partial charge in [-0.15, -0.1) is 0 Å². The van der Waals surface area contributed by atoms with Gasteiger partial charge in [-0.05, 0) is 18.0 Å². The second-order valence-corrected chi connectivity index (χ2v) is 4.11. The van der Waals surface area contributed by atoms with Crippen LogP contribution < -0.4 is 10.2 Å². The Morgan fingerprint density at radius 1 is 1.22 bits per heavy atom. The number of anilines is 2. The van der Waals surface area contributed by atoms with E-state index in [1.807, 2.05) is 0 Å². The van der Waals surface area contributed by atoms with Crippen LogP contribution in [0, 0.1) is 0 Å². The van der Waals surface area contributed by atoms with E-state index in [0.29, 0.717) is 5.95 Å². The molecule has 1 aromatic heterocycles. The van der Waals surface area contributed by atoms with Gasteiger partial charge in [0.25, 0.3) is 0 Å². The third-order valence-electron chi connectivity index (χ3n) is 1.92. The van der Waals surface area contributed by atoms with Crippen molar-refractivity contribution in [1.29, 1.82) is 0 Å². The molecule has 0 aliphatic heterocycles. The SMILES string of the molecule is CN(C)c1nc(Cl)nc(NCCCC(F)(F)F)n1. The topological polar surface area (TPSA) is 53.9 Å². The molecular weight excluding hydrogens is 271 g/mol. The summed E-state index contributed by atoms with van der Waals surface area (Å²) < 4.78 is 35.8. The number of halogens is 4. The van der Waals surface area contributed by atoms with Crippen molar-refractivity contribution in [2.45, 2.75) is 19.0 Å². The smallest absolute Gasteiger partial charge is 0.354 e. The predicted molar refractivity (Wildman–Crippen MR) is 62.9 cm³/mol. The summed E-state index contributed by atoms with van der Waals surface area (Å²) in [4.78, 5) is 13.2. The Bertz CT molecular complexity index is 396. The van der Waals surface area contributed by atoms with Crippen LogP contribution in [0.15, 0.2) is 0 Å². The quantitative estimate of drug-likeness (QED) is 0.841. The fourth-order valence-corrected chi connectivity index (χ4v) is 1.26. The molecule has 1 aromatic rings. The maximum absolute atomic E-state index is 11.9. The molecule has 0 saturated heterocycles. The van der Waals surface area contributed by atoms with Crippen LogP contribution in [0.3, 0.4) is 0 Å². The minimum absolute atomic E-state index is 0.00739. The number of hydrogen-bond acceptors (Lipinski definition) is 5. The average molecular weight is 284 g/mol. The zero-order chi connectivity index (χ0) is 13.8. The normalized spacial score (nSPS) is 11.4. The van der Waals surface area contributed by atoms with Gasteiger partial charge >= 0.3 is 6.18 Å². The second-order valence-electron chi connectivity index (χ2n) is 3.77. The van der Waals surface area contributed by atoms with Crippen molar-refractivity contribution in [1.82, 2.24) is 15.0 Å². The van der Waals surface area contributed by atoms with Gasteiger partial charge in [0.1, 0.15) is 0 Å². The third-order valence-corrected chi connectivity index (χ3v) is 2.09. The molecule has 0 aromatic carbocycles. The van der Waals surface area contributed by atoms with Crippen LogP contribution >= 0.6 is 11.6 Å². The Hall–Kier alpha value is -1.31. The summed E-state index contributed by atoms with van der Waals surface area (Å²) in [6.07, 6.45) is -5.04. The number of nitrogens with zero attached hydrogens (tertiary/aromatic N) is 4. The Morgan fingerprint density at radius 2 is 1.89 bits per heavy atom. The van der Waals surface area contributed by atoms with Gasteiger partial charge in [-0.3, -0.25) is 0 Å². The summed E-state index contributed by atoms with van der Waals surface area (Å²) in [6, 6.07) is 0. The Labute approximate surface area is 107 Å². The molecule has 0 radical (unpaired) electrons. The average Bonchev–Trinajstić information content (AvgIpc) is 2.22. The monoisotopic (exact) mass is 283 g/mol. The minimum Gasteiger partial charge on any atom is -0.354 e. The molecule has 102 valence electrons. The van der Waals surface area contributed by atoms with E-state index in [-0.39, 0.29) is 24.2 Å². The fourth-order valence-electron chi connectivity index (χ4n) is 1.11. The third kappa shape index (κ3) is 5.35. The number of hydrogen-bond donors (Lipinski definition) is 1. The molecule has 0 amide bonds. The van der Waals surface area contributed by atoms with E-state index in [1.54, 1.807) is 19.0 Å². The number of alkyl halides is 3. The van der Waals surface area contributed by atoms with E-state index in [1.165, 1.54) is 0 Å². The molecule has 1 N–H and O–H groups in total. The van der Waals surface area contributed by atoms with Gasteiger partial charge in [-0.2, -0.15) is 28.1 Å². The van der Waals surface area contributed by atoms with E-state index in [4.69, 9.17) is 11.6 Å². The van der Waals surface area contributed by atoms with Gasteiger partial charge in [0, 0.05) is 27.1 Å². The van der Waals surface area contributed by atoms with Crippen LogP contribution in [0.2, 0.25) is 5.28 Å². The van der Waals surface area contributed by atoms with E-state index < -0.39 is 12.6 Å². The Balaban J connectivity index is 2.52. The first kappa shape index (κ1) is 14.7. The van der Waals surface area contributed by atoms with Gasteiger partial charge < -0.3 is 10.2 Å². The fraction of sp³-hybridized carbons (Fsp3) is 0.667. The first-order chi connectivity index (χ1) is 8.28. The highest BCUT2D eigenvalue weighted by atomic mass is 35.5. The lowest BCUT2D eigenvalue weighted by atomic mass is 10.3. The summed E-state index contributed by atoms with van der Waals surface area (Å²) in [7, 11) is 3.44. The predicted octanol–water partition coefficient (Wildman–Crippen LogP) is 2.35. The summed E-state index contributed by atoms with van der Waals surface area (Å²) in [5.74, 6) is 0.509. The lowest BCUT2D eigenvalue weighted by Gasteiger charge is -2.12. The number of aromatic nitrogens is 3. The molecule has 1 rings (SSSR count). The standard InChI is InChI=1S/C9H13ClF3N5/c1-18(2)8-16-6(10)15-7(17-8)14-5-3-4-9(11,12)13/h3-5H2,1-2H3,(H,14,15,16,17). The van der Waals surface area contributed by atoms with Gasteiger partial charge in [0.05, 0.1) is 0 Å². The Kier molecular flexibility index (Phi) is 4.94. The first-order valence-corrected chi connectivity index (χ1v) is 5.55. The van der Waals surface area contributed by atoms with Crippen LogP contribution in [0.25, 0.3) is 0 Å². The van der Waals surface area contributed by atoms with E-state index >= 15 is 0 Å². The highest BCUT2D eigenvalue weighted by Gasteiger charge is 2.25. The van der Waals surface area contributed by atoms with Crippen molar-refractivity contribution in [3.05, 3.63) is 5.28 Å². The lowest BCUT2D eigenvalue weighted by Crippen LogP contribution is -2.16. The van der Waals surface area contributed by atoms with Gasteiger partial charge in [-0.1, -0.05) is 0 Å². The van der Waals surface area contributed by atoms with Gasteiger partial charge in [-0.25, -0.2) is 0 Å². The molecule has 0 spiro atoms. The first-order valence-electron chi connectivity index (χ1n) is 5.17. The van der Waals surface area contributed by atoms with Crippen molar-refractivity contribution in [2.75, 3.05) is 30.9 Å². The molecule has 5 nitrogen and oxygen atoms in total. The maximum atomic E-state index is 11.9. The molecule has 18 heavy (non-hydrogen) atoms. The van der Waals surface area contributed by atoms with Gasteiger partial charge in [0.2, 0.25) is 17.2 Å². The zero-order valence-corrected chi connectivity index (χ0v) is 10.7. The molecule has 9 heteroatoms. The van der Waals surface area contributed by atoms with Crippen LogP contribution in [-0.4, -0.2) is 41.8 Å². The zero-order valence-electron chi connectivity index (χ0n) is 9.92. The van der Waals surface area contributed by atoms with Crippen molar-refractivity contribution in [3.8, 4) is 0 Å². The molecule has 0 aliphatic rings. The summed E-state index contributed by atoms with van der Waals surface area (Å²) >= 11 is 5.67. The highest BCUT2D eigenvalue weighted by Crippen LogP contribution is 2.21. The highest BCUT2D eigenvalue weighted by molar-refractivity contribution is 6.28. The van der Waals surface area contributed by atoms with Crippen LogP contribution in [0.5, 0.6) is 0 Å². The Morgan fingerprint density at radius 3 is 2.44 bits per heavy atom. The number of nitrogens with one attached hydrogen (secondary N) is 1. The van der Waals surface area contributed by atoms with Gasteiger partial charge in [0.15, 0.2) is 0 Å². The second kappa shape index (κ2) is 6.03. The molecular formula is C9H13ClF3N5. The minimum atomic E-state index is -4.15. The van der Waals surface area contributed by atoms with Crippen molar-refractivity contribution < 1.29 is 13.2 Å².